The first-order valence-electron chi connectivity index (χ1n) is 41.4. The van der Waals surface area contributed by atoms with Gasteiger partial charge in [-0.1, -0.05) is 205 Å². The molecular weight excluding hydrogens is 1530 g/mol. The Morgan fingerprint density at radius 3 is 0.707 bits per heavy atom. The van der Waals surface area contributed by atoms with Crippen LogP contribution in [0.15, 0.2) is 267 Å². The lowest BCUT2D eigenvalue weighted by Gasteiger charge is -2.05. The molecule has 0 amide bonds. The monoisotopic (exact) mass is 1640 g/mol. The van der Waals surface area contributed by atoms with E-state index in [1.165, 1.54) is 40.5 Å². The summed E-state index contributed by atoms with van der Waals surface area (Å²) >= 11 is 0. The third-order valence-electron chi connectivity index (χ3n) is 21.5. The zero-order chi connectivity index (χ0) is 89.8. The molecule has 0 bridgehead atoms. The summed E-state index contributed by atoms with van der Waals surface area (Å²) in [7, 11) is 0. The van der Waals surface area contributed by atoms with Crippen molar-refractivity contribution in [1.82, 2.24) is 4.98 Å². The topological polar surface area (TPSA) is 218 Å². The number of hydrogen-bond donors (Lipinski definition) is 0. The number of aryl methyl sites for hydroxylation is 14. The van der Waals surface area contributed by atoms with Crippen LogP contribution in [0.25, 0.3) is 0 Å². The summed E-state index contributed by atoms with van der Waals surface area (Å²) in [5.41, 5.74) is 22.9. The van der Waals surface area contributed by atoms with Crippen LogP contribution in [0.3, 0.4) is 0 Å². The van der Waals surface area contributed by atoms with E-state index in [0.717, 1.165) is 55.6 Å². The van der Waals surface area contributed by atoms with E-state index in [1.807, 2.05) is 279 Å². The van der Waals surface area contributed by atoms with Crippen LogP contribution in [-0.4, -0.2) is 74.4 Å². The highest BCUT2D eigenvalue weighted by molar-refractivity contribution is 6.07. The van der Waals surface area contributed by atoms with Gasteiger partial charge in [-0.25, -0.2) is 4.39 Å². The molecule has 630 valence electrons. The van der Waals surface area contributed by atoms with Crippen molar-refractivity contribution in [2.75, 3.05) is 0 Å². The summed E-state index contributed by atoms with van der Waals surface area (Å²) < 4.78 is 13.5. The molecule has 123 heavy (non-hydrogen) atoms. The fourth-order valence-corrected chi connectivity index (χ4v) is 12.6. The number of aromatic nitrogens is 1. The van der Waals surface area contributed by atoms with Crippen molar-refractivity contribution in [2.24, 2.45) is 0 Å². The number of pyridine rings is 1. The molecule has 14 heteroatoms. The van der Waals surface area contributed by atoms with E-state index in [1.54, 1.807) is 66.9 Å². The van der Waals surface area contributed by atoms with Crippen LogP contribution in [0.2, 0.25) is 0 Å². The largest absolute Gasteiger partial charge is 0.294 e. The first-order valence-corrected chi connectivity index (χ1v) is 41.4. The highest BCUT2D eigenvalue weighted by Gasteiger charge is 2.20. The minimum absolute atomic E-state index is 0.00242. The van der Waals surface area contributed by atoms with Gasteiger partial charge in [0, 0.05) is 139 Å². The summed E-state index contributed by atoms with van der Waals surface area (Å²) in [6.45, 7) is 27.9. The molecule has 1 aromatic heterocycles. The minimum atomic E-state index is -0.541. The van der Waals surface area contributed by atoms with Gasteiger partial charge in [-0.3, -0.25) is 62.5 Å². The van der Waals surface area contributed by atoms with Crippen LogP contribution < -0.4 is 0 Å². The van der Waals surface area contributed by atoms with Crippen LogP contribution in [0.4, 0.5) is 4.39 Å². The number of nitrogens with zero attached hydrogens (tertiary/aromatic N) is 1. The van der Waals surface area contributed by atoms with E-state index in [9.17, 15) is 61.9 Å². The third-order valence-corrected chi connectivity index (χ3v) is 21.5. The molecule has 0 aliphatic carbocycles. The lowest BCUT2D eigenvalue weighted by atomic mass is 9.98. The van der Waals surface area contributed by atoms with Gasteiger partial charge >= 0.3 is 0 Å². The van der Waals surface area contributed by atoms with Crippen LogP contribution in [-0.2, 0) is 0 Å². The first-order chi connectivity index (χ1) is 58.7. The molecule has 0 N–H and O–H groups in total. The maximum atomic E-state index is 13.5. The number of ketones is 12. The average molecular weight is 1650 g/mol. The molecule has 0 aliphatic heterocycles. The molecule has 12 rings (SSSR count). The Hall–Kier alpha value is -13.5. The van der Waals surface area contributed by atoms with Crippen molar-refractivity contribution >= 4 is 69.4 Å². The maximum absolute atomic E-state index is 13.5. The third kappa shape index (κ3) is 31.6. The van der Waals surface area contributed by atoms with Gasteiger partial charge in [0.15, 0.2) is 69.4 Å². The van der Waals surface area contributed by atoms with E-state index >= 15 is 0 Å². The summed E-state index contributed by atoms with van der Waals surface area (Å²) in [6.07, 6.45) is 4.19. The number of benzene rings is 11. The molecule has 1 heterocycles. The number of rotatable bonds is 30. The smallest absolute Gasteiger partial charge is 0.181 e. The van der Waals surface area contributed by atoms with Crippen molar-refractivity contribution in [2.45, 2.75) is 174 Å². The van der Waals surface area contributed by atoms with Crippen molar-refractivity contribution < 1.29 is 61.9 Å². The first kappa shape index (κ1) is 96.7. The van der Waals surface area contributed by atoms with Crippen molar-refractivity contribution in [3.63, 3.8) is 0 Å². The predicted octanol–water partition coefficient (Wildman–Crippen LogP) is 25.0. The van der Waals surface area contributed by atoms with Crippen LogP contribution in [0.1, 0.15) is 279 Å². The fourth-order valence-electron chi connectivity index (χ4n) is 12.6. The summed E-state index contributed by atoms with van der Waals surface area (Å²) in [4.78, 5) is 149. The quantitative estimate of drug-likeness (QED) is 0.0383. The van der Waals surface area contributed by atoms with E-state index < -0.39 is 5.82 Å². The lowest BCUT2D eigenvalue weighted by molar-refractivity contribution is 0.0915. The molecule has 0 fully saturated rings. The second-order valence-electron chi connectivity index (χ2n) is 31.0. The zero-order valence-electron chi connectivity index (χ0n) is 73.1. The Labute approximate surface area is 723 Å². The molecular formula is C109H110FNO12. The SMILES string of the molecule is Cc1ccc(C(=O)CCC(=O)c2ccc(C)c(C)c2)cc1.Cc1ccc(C(=O)CCC(=O)c2ccccc2)cc1C.Cc1ccc(C(=O)CCC(=O)c2ccccc2)cc1C.Cc1ccc(C(=O)CCC(=O)c2ccccc2F)cc1C.Cc1ccc(C(=O)CCC(=O)c2ccccn2)cc1C.Cc1cccc(C(=O)CCC(=O)c2ccc(C)c(C)c2)c1. The Morgan fingerprint density at radius 1 is 0.195 bits per heavy atom. The minimum Gasteiger partial charge on any atom is -0.294 e. The van der Waals surface area contributed by atoms with Crippen molar-refractivity contribution in [1.29, 1.82) is 0 Å². The Morgan fingerprint density at radius 2 is 0.431 bits per heavy atom. The van der Waals surface area contributed by atoms with Crippen molar-refractivity contribution in [3.8, 4) is 0 Å². The number of Topliss-reactive ketones (excluding diaryl/α,β-unsaturated/α-hetero) is 12. The highest BCUT2D eigenvalue weighted by Crippen LogP contribution is 2.23. The molecule has 13 nitrogen and oxygen atoms in total. The van der Waals surface area contributed by atoms with Gasteiger partial charge < -0.3 is 0 Å². The molecule has 0 aliphatic rings. The molecule has 0 atom stereocenters. The molecule has 0 unspecified atom stereocenters. The number of carbonyl (C=O) groups excluding carboxylic acids is 12. The number of carbonyl (C=O) groups is 12. The van der Waals surface area contributed by atoms with Gasteiger partial charge in [-0.15, -0.1) is 0 Å². The summed E-state index contributed by atoms with van der Waals surface area (Å²) in [6, 6.07) is 78.0. The van der Waals surface area contributed by atoms with Gasteiger partial charge in [0.1, 0.15) is 11.5 Å². The standard InChI is InChI=1S/2C19H20O2.C18H17FO2.2C18H18O2.C17H17NO2/c1-13-4-7-16(8-5-13)18(20)10-11-19(21)17-9-6-14(2)15(3)12-17;1-13-5-4-6-16(11-13)18(20)9-10-19(21)17-8-7-14(2)15(3)12-17;1-12-7-8-14(11-13(12)2)17(20)9-10-18(21)15-5-3-4-6-16(15)19;2*1-13-8-9-16(12-14(13)2)18(20)11-10-17(19)15-6-4-3-5-7-15;1-12-6-7-14(11-13(12)2)16(19)8-9-17(20)15-5-3-4-10-18-15/h4-9,12H,10-11H2,1-3H3;4-8,11-12H,9-10H2,1-3H3;3-8,11H,9-10H2,1-2H3;2*3-9,12H,10-11H2,1-2H3;3-7,10-11H,8-9H2,1-2H3. The molecule has 0 radical (unpaired) electrons. The number of halogens is 1. The van der Waals surface area contributed by atoms with E-state index in [2.05, 4.69) is 4.98 Å². The highest BCUT2D eigenvalue weighted by atomic mass is 19.1. The molecule has 11 aromatic carbocycles. The Bertz CT molecular complexity index is 5490. The maximum Gasteiger partial charge on any atom is 0.181 e. The van der Waals surface area contributed by atoms with Crippen LogP contribution in [0, 0.1) is 103 Å². The zero-order valence-corrected chi connectivity index (χ0v) is 73.1. The average Bonchev–Trinajstić information content (AvgIpc) is 0.852. The van der Waals surface area contributed by atoms with Crippen LogP contribution in [0.5, 0.6) is 0 Å². The molecule has 0 saturated carbocycles. The van der Waals surface area contributed by atoms with E-state index in [-0.39, 0.29) is 152 Å². The second-order valence-corrected chi connectivity index (χ2v) is 31.0. The molecule has 0 spiro atoms. The van der Waals surface area contributed by atoms with Gasteiger partial charge in [-0.2, -0.15) is 0 Å². The fraction of sp³-hybridized carbons (Fsp3) is 0.239. The van der Waals surface area contributed by atoms with Gasteiger partial charge in [0.2, 0.25) is 0 Å². The molecule has 0 saturated heterocycles. The van der Waals surface area contributed by atoms with Crippen LogP contribution >= 0.6 is 0 Å². The number of hydrogen-bond acceptors (Lipinski definition) is 13. The molecule has 12 aromatic rings. The predicted molar refractivity (Wildman–Crippen MR) is 489 cm³/mol. The van der Waals surface area contributed by atoms with Gasteiger partial charge in [-0.05, 0) is 230 Å². The lowest BCUT2D eigenvalue weighted by Crippen LogP contribution is -2.07. The Kier molecular flexibility index (Phi) is 38.3. The Balaban J connectivity index is 0.000000203. The normalized spacial score (nSPS) is 10.4. The van der Waals surface area contributed by atoms with Crippen molar-refractivity contribution in [3.05, 3.63) is 418 Å². The summed E-state index contributed by atoms with van der Waals surface area (Å²) in [5, 5.41) is 0. The van der Waals surface area contributed by atoms with Gasteiger partial charge in [0.05, 0.1) is 5.56 Å². The van der Waals surface area contributed by atoms with E-state index in [0.29, 0.717) is 61.3 Å². The summed E-state index contributed by atoms with van der Waals surface area (Å²) in [5.74, 6) is -0.893. The second kappa shape index (κ2) is 48.7. The van der Waals surface area contributed by atoms with Gasteiger partial charge in [0.25, 0.3) is 0 Å². The van der Waals surface area contributed by atoms with E-state index in [4.69, 9.17) is 0 Å².